The maximum absolute atomic E-state index is 13.4. The molecule has 0 spiro atoms. The summed E-state index contributed by atoms with van der Waals surface area (Å²) in [6.45, 7) is 2.01. The second-order valence-corrected chi connectivity index (χ2v) is 3.99. The van der Waals surface area contributed by atoms with E-state index in [-0.39, 0.29) is 18.0 Å². The van der Waals surface area contributed by atoms with Crippen molar-refractivity contribution in [1.82, 2.24) is 4.98 Å². The normalized spacial score (nSPS) is 27.9. The van der Waals surface area contributed by atoms with Crippen LogP contribution in [0.1, 0.15) is 31.4 Å². The lowest BCUT2D eigenvalue weighted by atomic mass is 10.0. The van der Waals surface area contributed by atoms with Gasteiger partial charge in [-0.25, -0.2) is 4.39 Å². The lowest BCUT2D eigenvalue weighted by Gasteiger charge is -2.19. The molecule has 3 nitrogen and oxygen atoms in total. The molecule has 2 N–H and O–H groups in total. The molecule has 1 aromatic rings. The van der Waals surface area contributed by atoms with Crippen LogP contribution in [0.4, 0.5) is 4.39 Å². The fourth-order valence-electron chi connectivity index (χ4n) is 1.95. The van der Waals surface area contributed by atoms with Crippen molar-refractivity contribution < 1.29 is 9.13 Å². The summed E-state index contributed by atoms with van der Waals surface area (Å²) < 4.78 is 19.0. The maximum Gasteiger partial charge on any atom is 0.146 e. The number of nitrogens with zero attached hydrogens (tertiary/aromatic N) is 1. The van der Waals surface area contributed by atoms with E-state index in [2.05, 4.69) is 4.98 Å². The highest BCUT2D eigenvalue weighted by molar-refractivity contribution is 5.18. The second kappa shape index (κ2) is 4.24. The number of aromatic nitrogens is 1. The molecule has 0 amide bonds. The number of hydrogen-bond acceptors (Lipinski definition) is 3. The van der Waals surface area contributed by atoms with E-state index in [1.165, 1.54) is 6.20 Å². The molecule has 3 unspecified atom stereocenters. The van der Waals surface area contributed by atoms with E-state index in [9.17, 15) is 4.39 Å². The van der Waals surface area contributed by atoms with Gasteiger partial charge in [0, 0.05) is 11.8 Å². The van der Waals surface area contributed by atoms with E-state index in [0.29, 0.717) is 5.56 Å². The fourth-order valence-corrected chi connectivity index (χ4v) is 1.95. The molecule has 4 heteroatoms. The van der Waals surface area contributed by atoms with Gasteiger partial charge in [-0.1, -0.05) is 0 Å². The summed E-state index contributed by atoms with van der Waals surface area (Å²) in [7, 11) is 0. The van der Waals surface area contributed by atoms with E-state index in [4.69, 9.17) is 10.5 Å². The predicted octanol–water partition coefficient (Wildman–Crippen LogP) is 1.79. The largest absolute Gasteiger partial charge is 0.373 e. The minimum absolute atomic E-state index is 0.0723. The Morgan fingerprint density at radius 3 is 3.00 bits per heavy atom. The molecule has 1 fully saturated rings. The molecule has 15 heavy (non-hydrogen) atoms. The number of ether oxygens (including phenoxy) is 1. The van der Waals surface area contributed by atoms with Crippen LogP contribution in [-0.4, -0.2) is 17.2 Å². The molecule has 82 valence electrons. The topological polar surface area (TPSA) is 48.1 Å². The van der Waals surface area contributed by atoms with Crippen molar-refractivity contribution in [2.45, 2.75) is 38.0 Å². The van der Waals surface area contributed by atoms with Gasteiger partial charge in [0.25, 0.3) is 0 Å². The molecule has 0 saturated carbocycles. The first-order chi connectivity index (χ1) is 7.18. The van der Waals surface area contributed by atoms with Gasteiger partial charge in [-0.05, 0) is 25.8 Å². The monoisotopic (exact) mass is 210 g/mol. The quantitative estimate of drug-likeness (QED) is 0.809. The Labute approximate surface area is 88.5 Å². The van der Waals surface area contributed by atoms with E-state index in [0.717, 1.165) is 12.8 Å². The number of nitrogens with two attached hydrogens (primary N) is 1. The molecule has 2 rings (SSSR count). The Bertz CT molecular complexity index is 345. The number of halogens is 1. The molecule has 1 saturated heterocycles. The van der Waals surface area contributed by atoms with Gasteiger partial charge in [-0.2, -0.15) is 0 Å². The minimum atomic E-state index is -0.391. The van der Waals surface area contributed by atoms with Gasteiger partial charge in [0.1, 0.15) is 5.82 Å². The molecule has 1 aromatic heterocycles. The highest BCUT2D eigenvalue weighted by Gasteiger charge is 2.29. The fraction of sp³-hybridized carbons (Fsp3) is 0.545. The van der Waals surface area contributed by atoms with Crippen LogP contribution in [0.2, 0.25) is 0 Å². The Morgan fingerprint density at radius 2 is 2.40 bits per heavy atom. The zero-order valence-electron chi connectivity index (χ0n) is 8.69. The number of hydrogen-bond donors (Lipinski definition) is 1. The smallest absolute Gasteiger partial charge is 0.146 e. The number of rotatable bonds is 2. The van der Waals surface area contributed by atoms with E-state index in [1.807, 2.05) is 6.92 Å². The van der Waals surface area contributed by atoms with Crippen LogP contribution in [0, 0.1) is 5.82 Å². The molecule has 2 heterocycles. The van der Waals surface area contributed by atoms with Crippen LogP contribution in [0.15, 0.2) is 18.5 Å². The Kier molecular flexibility index (Phi) is 2.98. The van der Waals surface area contributed by atoms with Crippen LogP contribution < -0.4 is 5.73 Å². The van der Waals surface area contributed by atoms with Crippen LogP contribution in [0.3, 0.4) is 0 Å². The first-order valence-corrected chi connectivity index (χ1v) is 5.19. The van der Waals surface area contributed by atoms with E-state index in [1.54, 1.807) is 12.3 Å². The van der Waals surface area contributed by atoms with Gasteiger partial charge in [0.15, 0.2) is 0 Å². The lowest BCUT2D eigenvalue weighted by molar-refractivity contribution is 0.0394. The van der Waals surface area contributed by atoms with Crippen LogP contribution >= 0.6 is 0 Å². The first kappa shape index (κ1) is 10.5. The molecule has 1 aliphatic rings. The summed E-state index contributed by atoms with van der Waals surface area (Å²) in [5, 5.41) is 0. The van der Waals surface area contributed by atoms with Crippen molar-refractivity contribution in [1.29, 1.82) is 0 Å². The van der Waals surface area contributed by atoms with Crippen molar-refractivity contribution >= 4 is 0 Å². The van der Waals surface area contributed by atoms with E-state index < -0.39 is 6.04 Å². The van der Waals surface area contributed by atoms with Crippen LogP contribution in [0.5, 0.6) is 0 Å². The zero-order chi connectivity index (χ0) is 10.8. The third kappa shape index (κ3) is 2.16. The van der Waals surface area contributed by atoms with Gasteiger partial charge < -0.3 is 10.5 Å². The molecule has 0 aliphatic carbocycles. The summed E-state index contributed by atoms with van der Waals surface area (Å²) in [5.74, 6) is -0.354. The SMILES string of the molecule is CC1CCC(C(N)c2ccncc2F)O1. The minimum Gasteiger partial charge on any atom is -0.373 e. The molecular weight excluding hydrogens is 195 g/mol. The van der Waals surface area contributed by atoms with Gasteiger partial charge in [0.05, 0.1) is 24.4 Å². The second-order valence-electron chi connectivity index (χ2n) is 3.99. The Hall–Kier alpha value is -1.00. The zero-order valence-corrected chi connectivity index (χ0v) is 8.69. The summed E-state index contributed by atoms with van der Waals surface area (Å²) in [4.78, 5) is 3.70. The first-order valence-electron chi connectivity index (χ1n) is 5.19. The van der Waals surface area contributed by atoms with Crippen LogP contribution in [0.25, 0.3) is 0 Å². The van der Waals surface area contributed by atoms with Gasteiger partial charge in [-0.15, -0.1) is 0 Å². The van der Waals surface area contributed by atoms with Crippen molar-refractivity contribution in [3.8, 4) is 0 Å². The predicted molar refractivity (Wildman–Crippen MR) is 54.7 cm³/mol. The summed E-state index contributed by atoms with van der Waals surface area (Å²) in [6.07, 6.45) is 4.78. The molecule has 1 aliphatic heterocycles. The standard InChI is InChI=1S/C11H15FN2O/c1-7-2-3-10(15-7)11(13)8-4-5-14-6-9(8)12/h4-7,10-11H,2-3,13H2,1H3. The van der Waals surface area contributed by atoms with Gasteiger partial charge in [-0.3, -0.25) is 4.98 Å². The van der Waals surface area contributed by atoms with Gasteiger partial charge in [0.2, 0.25) is 0 Å². The Morgan fingerprint density at radius 1 is 1.60 bits per heavy atom. The summed E-state index contributed by atoms with van der Waals surface area (Å²) in [6, 6.07) is 1.23. The van der Waals surface area contributed by atoms with Crippen molar-refractivity contribution in [3.05, 3.63) is 29.8 Å². The maximum atomic E-state index is 13.4. The third-order valence-corrected chi connectivity index (χ3v) is 2.83. The van der Waals surface area contributed by atoms with E-state index >= 15 is 0 Å². The van der Waals surface area contributed by atoms with Gasteiger partial charge >= 0.3 is 0 Å². The molecular formula is C11H15FN2O. The van der Waals surface area contributed by atoms with Crippen molar-refractivity contribution in [2.24, 2.45) is 5.73 Å². The Balaban J connectivity index is 2.14. The highest BCUT2D eigenvalue weighted by atomic mass is 19.1. The summed E-state index contributed by atoms with van der Waals surface area (Å²) in [5.41, 5.74) is 6.46. The number of pyridine rings is 1. The van der Waals surface area contributed by atoms with Crippen LogP contribution in [-0.2, 0) is 4.74 Å². The van der Waals surface area contributed by atoms with Crippen molar-refractivity contribution in [2.75, 3.05) is 0 Å². The molecule has 3 atom stereocenters. The average Bonchev–Trinajstić information content (AvgIpc) is 2.65. The summed E-state index contributed by atoms with van der Waals surface area (Å²) >= 11 is 0. The lowest BCUT2D eigenvalue weighted by Crippen LogP contribution is -2.27. The molecule has 0 radical (unpaired) electrons. The third-order valence-electron chi connectivity index (χ3n) is 2.83. The molecule has 0 bridgehead atoms. The highest BCUT2D eigenvalue weighted by Crippen LogP contribution is 2.29. The molecule has 0 aromatic carbocycles. The van der Waals surface area contributed by atoms with Crippen molar-refractivity contribution in [3.63, 3.8) is 0 Å². The average molecular weight is 210 g/mol.